The van der Waals surface area contributed by atoms with Gasteiger partial charge < -0.3 is 19.8 Å². The van der Waals surface area contributed by atoms with Crippen LogP contribution in [0.3, 0.4) is 0 Å². The van der Waals surface area contributed by atoms with Crippen LogP contribution < -0.4 is 15.1 Å². The molecule has 9 nitrogen and oxygen atoms in total. The van der Waals surface area contributed by atoms with E-state index in [1.165, 1.54) is 59.2 Å². The van der Waals surface area contributed by atoms with Gasteiger partial charge in [0.05, 0.1) is 0 Å². The summed E-state index contributed by atoms with van der Waals surface area (Å²) in [7, 11) is 0. The molecule has 6 aliphatic rings. The molecule has 3 saturated heterocycles. The number of aryl methyl sites for hydroxylation is 2. The second kappa shape index (κ2) is 14.4. The summed E-state index contributed by atoms with van der Waals surface area (Å²) in [6.07, 6.45) is 7.54. The monoisotopic (exact) mass is 749 g/mol. The first-order chi connectivity index (χ1) is 27.4. The molecule has 4 aliphatic heterocycles. The van der Waals surface area contributed by atoms with Crippen molar-refractivity contribution < 1.29 is 19.5 Å². The first kappa shape index (κ1) is 35.3. The van der Waals surface area contributed by atoms with Crippen LogP contribution in [0.5, 0.6) is 5.75 Å². The number of fused-ring (bicyclic) bond motifs is 3. The lowest BCUT2D eigenvalue weighted by molar-refractivity contribution is -0.136. The van der Waals surface area contributed by atoms with Crippen molar-refractivity contribution in [2.45, 2.75) is 75.8 Å². The molecule has 0 saturated carbocycles. The van der Waals surface area contributed by atoms with Gasteiger partial charge in [-0.15, -0.1) is 0 Å². The molecule has 4 heterocycles. The first-order valence-electron chi connectivity index (χ1n) is 20.9. The number of piperazine rings is 1. The molecule has 2 aliphatic carbocycles. The van der Waals surface area contributed by atoms with Gasteiger partial charge in [-0.3, -0.25) is 24.6 Å². The van der Waals surface area contributed by atoms with Crippen LogP contribution in [-0.4, -0.2) is 84.5 Å². The van der Waals surface area contributed by atoms with Crippen LogP contribution in [0.15, 0.2) is 78.9 Å². The van der Waals surface area contributed by atoms with Gasteiger partial charge in [-0.05, 0) is 138 Å². The Bertz CT molecular complexity index is 2190. The summed E-state index contributed by atoms with van der Waals surface area (Å²) in [4.78, 5) is 46.5. The lowest BCUT2D eigenvalue weighted by atomic mass is 9.66. The highest BCUT2D eigenvalue weighted by atomic mass is 16.3. The minimum absolute atomic E-state index is 0.119. The maximum absolute atomic E-state index is 13.2. The molecule has 0 unspecified atom stereocenters. The highest BCUT2D eigenvalue weighted by Crippen LogP contribution is 2.49. The maximum atomic E-state index is 13.2. The van der Waals surface area contributed by atoms with E-state index in [1.807, 2.05) is 24.3 Å². The lowest BCUT2D eigenvalue weighted by Gasteiger charge is -2.40. The van der Waals surface area contributed by atoms with E-state index in [-0.39, 0.29) is 30.1 Å². The van der Waals surface area contributed by atoms with Crippen LogP contribution in [-0.2, 0) is 35.4 Å². The van der Waals surface area contributed by atoms with Crippen LogP contribution in [0.2, 0.25) is 0 Å². The van der Waals surface area contributed by atoms with Gasteiger partial charge in [-0.2, -0.15) is 0 Å². The van der Waals surface area contributed by atoms with E-state index in [1.54, 1.807) is 10.5 Å². The van der Waals surface area contributed by atoms with Gasteiger partial charge >= 0.3 is 0 Å². The minimum Gasteiger partial charge on any atom is -0.508 e. The van der Waals surface area contributed by atoms with Crippen LogP contribution in [0.4, 0.5) is 11.4 Å². The number of benzene rings is 4. The van der Waals surface area contributed by atoms with Crippen molar-refractivity contribution >= 4 is 29.1 Å². The fraction of sp³-hybridized carbons (Fsp3) is 0.426. The van der Waals surface area contributed by atoms with E-state index in [0.29, 0.717) is 36.1 Å². The maximum Gasteiger partial charge on any atom is 0.255 e. The molecule has 3 atom stereocenters. The second-order valence-electron chi connectivity index (χ2n) is 17.0. The van der Waals surface area contributed by atoms with Gasteiger partial charge in [0.2, 0.25) is 11.8 Å². The molecule has 288 valence electrons. The van der Waals surface area contributed by atoms with Crippen molar-refractivity contribution in [2.75, 3.05) is 55.6 Å². The van der Waals surface area contributed by atoms with Gasteiger partial charge in [0.1, 0.15) is 11.8 Å². The molecule has 4 aromatic carbocycles. The average molecular weight is 750 g/mol. The number of nitrogens with zero attached hydrogens (tertiary/aromatic N) is 4. The second-order valence-corrected chi connectivity index (χ2v) is 17.0. The molecule has 0 spiro atoms. The Kier molecular flexibility index (Phi) is 9.08. The highest BCUT2D eigenvalue weighted by molar-refractivity contribution is 6.05. The fourth-order valence-electron chi connectivity index (χ4n) is 10.8. The third-order valence-corrected chi connectivity index (χ3v) is 13.9. The summed E-state index contributed by atoms with van der Waals surface area (Å²) in [6.45, 7) is 7.67. The molecular weight excluding hydrogens is 699 g/mol. The van der Waals surface area contributed by atoms with E-state index in [2.05, 4.69) is 74.6 Å². The first-order valence-corrected chi connectivity index (χ1v) is 20.9. The molecule has 2 N–H and O–H groups in total. The van der Waals surface area contributed by atoms with Gasteiger partial charge in [-0.25, -0.2) is 0 Å². The number of nitrogens with one attached hydrogen (secondary N) is 1. The molecule has 0 bridgehead atoms. The number of phenolic OH excluding ortho intramolecular Hbond substituents is 1. The van der Waals surface area contributed by atoms with Gasteiger partial charge in [0.15, 0.2) is 0 Å². The summed E-state index contributed by atoms with van der Waals surface area (Å²) in [5, 5.41) is 12.7. The number of rotatable bonds is 7. The Labute approximate surface area is 329 Å². The SMILES string of the molecule is O=C1CC[C@@H](N2Cc3cc(N4CCN(CC5CCN(c6ccc([C@H]7c8ccc(O)cc8CC[C@H]7c7cccc8c7CC8)cc6)CC5)CC4)ccc3C2=O)C(=O)N1. The number of phenols is 1. The van der Waals surface area contributed by atoms with Gasteiger partial charge in [0.25, 0.3) is 5.91 Å². The molecule has 0 radical (unpaired) electrons. The molecule has 3 fully saturated rings. The van der Waals surface area contributed by atoms with E-state index in [9.17, 15) is 19.5 Å². The number of imide groups is 1. The fourth-order valence-corrected chi connectivity index (χ4v) is 10.8. The third-order valence-electron chi connectivity index (χ3n) is 13.9. The van der Waals surface area contributed by atoms with Crippen molar-refractivity contribution in [1.29, 1.82) is 0 Å². The number of hydrogen-bond acceptors (Lipinski definition) is 7. The van der Waals surface area contributed by atoms with E-state index >= 15 is 0 Å². The number of amides is 3. The average Bonchev–Trinajstić information content (AvgIpc) is 3.53. The predicted octanol–water partition coefficient (Wildman–Crippen LogP) is 6.15. The minimum atomic E-state index is -0.585. The topological polar surface area (TPSA) is 96.4 Å². The van der Waals surface area contributed by atoms with E-state index in [4.69, 9.17) is 0 Å². The molecule has 10 rings (SSSR count). The standard InChI is InChI=1S/C47H51N5O4/c53-37-11-15-39-33(27-37)7-13-42(41-3-1-2-31-6-12-38(31)41)45(39)32-4-8-35(9-5-32)50-20-18-30(19-21-50)28-49-22-24-51(25-23-49)36-10-14-40-34(26-36)29-52(47(40)56)43-16-17-44(54)48-46(43)55/h1-5,8-11,14-15,26-27,30,42-43,45,53H,6-7,12-13,16-25,28-29H2,(H,48,54,55)/t42-,43+,45-/m0/s1. The predicted molar refractivity (Wildman–Crippen MR) is 217 cm³/mol. The van der Waals surface area contributed by atoms with Crippen LogP contribution in [0.1, 0.15) is 93.2 Å². The molecule has 4 aromatic rings. The number of carbonyl (C=O) groups is 3. The van der Waals surface area contributed by atoms with Crippen molar-refractivity contribution in [1.82, 2.24) is 15.1 Å². The number of aromatic hydroxyl groups is 1. The Hall–Kier alpha value is -5.15. The summed E-state index contributed by atoms with van der Waals surface area (Å²) < 4.78 is 0. The number of carbonyl (C=O) groups excluding carboxylic acids is 3. The van der Waals surface area contributed by atoms with Gasteiger partial charge in [0, 0.05) is 81.6 Å². The van der Waals surface area contributed by atoms with E-state index in [0.717, 1.165) is 69.9 Å². The molecule has 9 heteroatoms. The molecule has 3 amide bonds. The Morgan fingerprint density at radius 2 is 1.45 bits per heavy atom. The molecule has 56 heavy (non-hydrogen) atoms. The van der Waals surface area contributed by atoms with Gasteiger partial charge in [-0.1, -0.05) is 36.4 Å². The van der Waals surface area contributed by atoms with Crippen molar-refractivity contribution in [3.8, 4) is 5.75 Å². The third kappa shape index (κ3) is 6.43. The lowest BCUT2D eigenvalue weighted by Crippen LogP contribution is -2.52. The van der Waals surface area contributed by atoms with Crippen LogP contribution in [0, 0.1) is 5.92 Å². The largest absolute Gasteiger partial charge is 0.508 e. The zero-order valence-corrected chi connectivity index (χ0v) is 32.1. The summed E-state index contributed by atoms with van der Waals surface area (Å²) in [5.41, 5.74) is 12.7. The van der Waals surface area contributed by atoms with Crippen LogP contribution in [0.25, 0.3) is 0 Å². The smallest absolute Gasteiger partial charge is 0.255 e. The number of hydrogen-bond donors (Lipinski definition) is 2. The summed E-state index contributed by atoms with van der Waals surface area (Å²) in [5.74, 6) is 1.04. The number of anilines is 2. The normalized spacial score (nSPS) is 24.0. The summed E-state index contributed by atoms with van der Waals surface area (Å²) >= 11 is 0. The van der Waals surface area contributed by atoms with Crippen molar-refractivity contribution in [3.05, 3.63) is 123 Å². The molecule has 0 aromatic heterocycles. The van der Waals surface area contributed by atoms with Crippen molar-refractivity contribution in [3.63, 3.8) is 0 Å². The highest BCUT2D eigenvalue weighted by Gasteiger charge is 2.40. The quantitative estimate of drug-likeness (QED) is 0.219. The zero-order valence-electron chi connectivity index (χ0n) is 32.1. The number of piperidine rings is 2. The Morgan fingerprint density at radius 1 is 0.661 bits per heavy atom. The van der Waals surface area contributed by atoms with E-state index < -0.39 is 6.04 Å². The Balaban J connectivity index is 0.740. The Morgan fingerprint density at radius 3 is 2.21 bits per heavy atom. The molecular formula is C47H51N5O4. The summed E-state index contributed by atoms with van der Waals surface area (Å²) in [6, 6.07) is 27.9. The zero-order chi connectivity index (χ0) is 37.9. The van der Waals surface area contributed by atoms with Crippen LogP contribution >= 0.6 is 0 Å². The van der Waals surface area contributed by atoms with Crippen molar-refractivity contribution in [2.24, 2.45) is 5.92 Å².